The zero-order chi connectivity index (χ0) is 19.8. The molecule has 0 unspecified atom stereocenters. The molecule has 1 aliphatic heterocycles. The molecule has 5 rings (SSSR count). The van der Waals surface area contributed by atoms with Gasteiger partial charge in [0.2, 0.25) is 5.91 Å². The van der Waals surface area contributed by atoms with Gasteiger partial charge in [0, 0.05) is 29.9 Å². The molecule has 1 aromatic heterocycles. The molecule has 5 nitrogen and oxygen atoms in total. The van der Waals surface area contributed by atoms with Gasteiger partial charge in [0.25, 0.3) is 0 Å². The quantitative estimate of drug-likeness (QED) is 0.557. The van der Waals surface area contributed by atoms with Crippen molar-refractivity contribution < 1.29 is 13.9 Å². The van der Waals surface area contributed by atoms with E-state index in [-0.39, 0.29) is 12.5 Å². The van der Waals surface area contributed by atoms with Gasteiger partial charge < -0.3 is 19.4 Å². The Labute approximate surface area is 168 Å². The van der Waals surface area contributed by atoms with E-state index in [9.17, 15) is 4.79 Å². The number of benzene rings is 3. The summed E-state index contributed by atoms with van der Waals surface area (Å²) in [4.78, 5) is 14.7. The van der Waals surface area contributed by atoms with E-state index in [2.05, 4.69) is 23.5 Å². The minimum atomic E-state index is 0.0752. The second-order valence-electron chi connectivity index (χ2n) is 7.33. The van der Waals surface area contributed by atoms with Crippen molar-refractivity contribution in [1.29, 1.82) is 0 Å². The van der Waals surface area contributed by atoms with Gasteiger partial charge in [-0.25, -0.2) is 0 Å². The fraction of sp³-hybridized carbons (Fsp3) is 0.208. The summed E-state index contributed by atoms with van der Waals surface area (Å²) in [5.41, 5.74) is 4.93. The molecule has 29 heavy (non-hydrogen) atoms. The number of anilines is 1. The summed E-state index contributed by atoms with van der Waals surface area (Å²) in [6.45, 7) is 1.62. The second-order valence-corrected chi connectivity index (χ2v) is 7.33. The third-order valence-electron chi connectivity index (χ3n) is 5.61. The van der Waals surface area contributed by atoms with Crippen LogP contribution in [0.3, 0.4) is 0 Å². The van der Waals surface area contributed by atoms with Crippen molar-refractivity contribution in [3.8, 4) is 5.75 Å². The van der Waals surface area contributed by atoms with Crippen LogP contribution in [0.1, 0.15) is 11.1 Å². The molecule has 5 heteroatoms. The Morgan fingerprint density at radius 3 is 2.69 bits per heavy atom. The molecule has 0 radical (unpaired) electrons. The first kappa shape index (κ1) is 17.6. The van der Waals surface area contributed by atoms with Crippen LogP contribution >= 0.6 is 0 Å². The second kappa shape index (κ2) is 7.17. The fourth-order valence-corrected chi connectivity index (χ4v) is 4.05. The molecule has 0 saturated carbocycles. The maximum Gasteiger partial charge on any atom is 0.242 e. The SMILES string of the molecule is COc1cc2c(cc1NCC(=O)N1CCc3ccccc3C1)oc1ccccc12. The maximum atomic E-state index is 12.8. The van der Waals surface area contributed by atoms with E-state index in [1.807, 2.05) is 47.4 Å². The van der Waals surface area contributed by atoms with Gasteiger partial charge >= 0.3 is 0 Å². The molecule has 1 amide bonds. The van der Waals surface area contributed by atoms with Gasteiger partial charge in [-0.2, -0.15) is 0 Å². The predicted octanol–water partition coefficient (Wildman–Crippen LogP) is 4.59. The zero-order valence-electron chi connectivity index (χ0n) is 16.3. The summed E-state index contributed by atoms with van der Waals surface area (Å²) in [7, 11) is 1.64. The summed E-state index contributed by atoms with van der Waals surface area (Å²) >= 11 is 0. The molecule has 0 bridgehead atoms. The number of amides is 1. The number of methoxy groups -OCH3 is 1. The average Bonchev–Trinajstić information content (AvgIpc) is 3.13. The van der Waals surface area contributed by atoms with Crippen LogP contribution in [-0.2, 0) is 17.8 Å². The molecule has 3 aromatic carbocycles. The van der Waals surface area contributed by atoms with E-state index in [0.29, 0.717) is 12.3 Å². The standard InChI is InChI=1S/C24H22N2O3/c1-28-23-12-19-18-8-4-5-9-21(18)29-22(19)13-20(23)25-14-24(27)26-11-10-16-6-2-3-7-17(16)15-26/h2-9,12-13,25H,10-11,14-15H2,1H3. The van der Waals surface area contributed by atoms with Crippen LogP contribution in [0.25, 0.3) is 21.9 Å². The molecular weight excluding hydrogens is 364 g/mol. The Bertz CT molecular complexity index is 1210. The van der Waals surface area contributed by atoms with Crippen LogP contribution in [0.15, 0.2) is 65.1 Å². The Morgan fingerprint density at radius 2 is 1.83 bits per heavy atom. The number of para-hydroxylation sites is 1. The highest BCUT2D eigenvalue weighted by Gasteiger charge is 2.20. The number of nitrogens with zero attached hydrogens (tertiary/aromatic N) is 1. The number of nitrogens with one attached hydrogen (secondary N) is 1. The molecule has 0 aliphatic carbocycles. The minimum absolute atomic E-state index is 0.0752. The highest BCUT2D eigenvalue weighted by atomic mass is 16.5. The molecule has 146 valence electrons. The first-order chi connectivity index (χ1) is 14.2. The molecule has 4 aromatic rings. The number of hydrogen-bond donors (Lipinski definition) is 1. The zero-order valence-corrected chi connectivity index (χ0v) is 16.3. The lowest BCUT2D eigenvalue weighted by Crippen LogP contribution is -2.39. The first-order valence-electron chi connectivity index (χ1n) is 9.80. The summed E-state index contributed by atoms with van der Waals surface area (Å²) in [6.07, 6.45) is 0.899. The Morgan fingerprint density at radius 1 is 1.03 bits per heavy atom. The van der Waals surface area contributed by atoms with E-state index < -0.39 is 0 Å². The van der Waals surface area contributed by atoms with E-state index in [1.165, 1.54) is 11.1 Å². The normalized spacial score (nSPS) is 13.5. The topological polar surface area (TPSA) is 54.7 Å². The van der Waals surface area contributed by atoms with Gasteiger partial charge in [-0.15, -0.1) is 0 Å². The smallest absolute Gasteiger partial charge is 0.242 e. The van der Waals surface area contributed by atoms with Crippen LogP contribution in [0.2, 0.25) is 0 Å². The lowest BCUT2D eigenvalue weighted by Gasteiger charge is -2.29. The lowest BCUT2D eigenvalue weighted by molar-refractivity contribution is -0.130. The summed E-state index contributed by atoms with van der Waals surface area (Å²) in [5, 5.41) is 5.30. The van der Waals surface area contributed by atoms with E-state index >= 15 is 0 Å². The molecule has 0 fully saturated rings. The van der Waals surface area contributed by atoms with Gasteiger partial charge in [-0.05, 0) is 29.7 Å². The van der Waals surface area contributed by atoms with E-state index in [4.69, 9.17) is 9.15 Å². The largest absolute Gasteiger partial charge is 0.495 e. The fourth-order valence-electron chi connectivity index (χ4n) is 4.05. The number of hydrogen-bond acceptors (Lipinski definition) is 4. The van der Waals surface area contributed by atoms with Crippen molar-refractivity contribution in [2.24, 2.45) is 0 Å². The molecule has 0 saturated heterocycles. The van der Waals surface area contributed by atoms with Gasteiger partial charge in [0.15, 0.2) is 0 Å². The van der Waals surface area contributed by atoms with Crippen LogP contribution in [0.4, 0.5) is 5.69 Å². The summed E-state index contributed by atoms with van der Waals surface area (Å²) in [5.74, 6) is 0.770. The number of furan rings is 1. The highest BCUT2D eigenvalue weighted by molar-refractivity contribution is 6.06. The third-order valence-corrected chi connectivity index (χ3v) is 5.61. The molecular formula is C24H22N2O3. The van der Waals surface area contributed by atoms with Gasteiger partial charge in [-0.3, -0.25) is 4.79 Å². The molecule has 0 spiro atoms. The summed E-state index contributed by atoms with van der Waals surface area (Å²) < 4.78 is 11.5. The Balaban J connectivity index is 1.36. The van der Waals surface area contributed by atoms with Crippen molar-refractivity contribution in [1.82, 2.24) is 4.90 Å². The molecule has 0 atom stereocenters. The van der Waals surface area contributed by atoms with Gasteiger partial charge in [0.1, 0.15) is 16.9 Å². The Hall–Kier alpha value is -3.47. The van der Waals surface area contributed by atoms with Crippen LogP contribution in [0.5, 0.6) is 5.75 Å². The van der Waals surface area contributed by atoms with Crippen LogP contribution in [-0.4, -0.2) is 31.0 Å². The number of carbonyl (C=O) groups excluding carboxylic acids is 1. The molecule has 2 heterocycles. The monoisotopic (exact) mass is 386 g/mol. The first-order valence-corrected chi connectivity index (χ1v) is 9.80. The minimum Gasteiger partial charge on any atom is -0.495 e. The predicted molar refractivity (Wildman–Crippen MR) is 114 cm³/mol. The van der Waals surface area contributed by atoms with Crippen molar-refractivity contribution in [2.75, 3.05) is 25.5 Å². The number of rotatable bonds is 4. The van der Waals surface area contributed by atoms with Crippen molar-refractivity contribution in [3.63, 3.8) is 0 Å². The van der Waals surface area contributed by atoms with Gasteiger partial charge in [-0.1, -0.05) is 42.5 Å². The third kappa shape index (κ3) is 3.18. The average molecular weight is 386 g/mol. The lowest BCUT2D eigenvalue weighted by atomic mass is 10.00. The highest BCUT2D eigenvalue weighted by Crippen LogP contribution is 2.36. The van der Waals surface area contributed by atoms with Crippen molar-refractivity contribution in [3.05, 3.63) is 71.8 Å². The number of ether oxygens (including phenoxy) is 1. The van der Waals surface area contributed by atoms with E-state index in [0.717, 1.165) is 40.6 Å². The summed E-state index contributed by atoms with van der Waals surface area (Å²) in [6, 6.07) is 20.1. The van der Waals surface area contributed by atoms with Gasteiger partial charge in [0.05, 0.1) is 19.3 Å². The molecule has 1 N–H and O–H groups in total. The molecule has 1 aliphatic rings. The van der Waals surface area contributed by atoms with Crippen LogP contribution in [0, 0.1) is 0 Å². The van der Waals surface area contributed by atoms with Crippen molar-refractivity contribution >= 4 is 33.5 Å². The van der Waals surface area contributed by atoms with Crippen molar-refractivity contribution in [2.45, 2.75) is 13.0 Å². The number of carbonyl (C=O) groups is 1. The Kier molecular flexibility index (Phi) is 4.35. The van der Waals surface area contributed by atoms with Crippen LogP contribution < -0.4 is 10.1 Å². The number of fused-ring (bicyclic) bond motifs is 4. The van der Waals surface area contributed by atoms with E-state index in [1.54, 1.807) is 7.11 Å². The maximum absolute atomic E-state index is 12.8.